The first-order valence-electron chi connectivity index (χ1n) is 11.0. The minimum Gasteiger partial charge on any atom is -0.350 e. The molecule has 0 radical (unpaired) electrons. The molecule has 2 amide bonds. The lowest BCUT2D eigenvalue weighted by Crippen LogP contribution is -2.44. The Morgan fingerprint density at radius 2 is 1.71 bits per heavy atom. The molecule has 0 spiro atoms. The van der Waals surface area contributed by atoms with E-state index in [0.717, 1.165) is 16.0 Å². The topological polar surface area (TPSA) is 49.4 Å². The van der Waals surface area contributed by atoms with Crippen molar-refractivity contribution >= 4 is 28.8 Å². The van der Waals surface area contributed by atoms with Gasteiger partial charge in [0.2, 0.25) is 11.8 Å². The van der Waals surface area contributed by atoms with Gasteiger partial charge in [-0.1, -0.05) is 72.3 Å². The van der Waals surface area contributed by atoms with Crippen LogP contribution in [0.2, 0.25) is 0 Å². The number of carbonyl (C=O) groups excluding carboxylic acids is 2. The molecule has 1 N–H and O–H groups in total. The van der Waals surface area contributed by atoms with Gasteiger partial charge < -0.3 is 5.32 Å². The third-order valence-corrected chi connectivity index (χ3v) is 6.35. The number of rotatable bonds is 8. The van der Waals surface area contributed by atoms with Crippen LogP contribution in [0.5, 0.6) is 0 Å². The van der Waals surface area contributed by atoms with Gasteiger partial charge in [0.25, 0.3) is 0 Å². The van der Waals surface area contributed by atoms with E-state index in [1.54, 1.807) is 12.1 Å². The Balaban J connectivity index is 1.73. The Bertz CT molecular complexity index is 1240. The average Bonchev–Trinajstić information content (AvgIpc) is 3.35. The van der Waals surface area contributed by atoms with E-state index in [9.17, 15) is 14.0 Å². The van der Waals surface area contributed by atoms with Gasteiger partial charge in [0.05, 0.1) is 6.42 Å². The van der Waals surface area contributed by atoms with Gasteiger partial charge in [0.15, 0.2) is 0 Å². The lowest BCUT2D eigenvalue weighted by atomic mass is 10.0. The van der Waals surface area contributed by atoms with Crippen LogP contribution >= 0.6 is 11.3 Å². The quantitative estimate of drug-likeness (QED) is 0.351. The van der Waals surface area contributed by atoms with Crippen molar-refractivity contribution in [2.24, 2.45) is 0 Å². The van der Waals surface area contributed by atoms with Gasteiger partial charge in [-0.25, -0.2) is 4.39 Å². The maximum Gasteiger partial charge on any atom is 0.248 e. The fraction of sp³-hybridized carbons (Fsp3) is 0.143. The van der Waals surface area contributed by atoms with Crippen molar-refractivity contribution in [1.29, 1.82) is 0 Å². The second-order valence-electron chi connectivity index (χ2n) is 8.02. The Labute approximate surface area is 202 Å². The molecular weight excluding hydrogens is 447 g/mol. The van der Waals surface area contributed by atoms with Gasteiger partial charge in [-0.3, -0.25) is 14.5 Å². The summed E-state index contributed by atoms with van der Waals surface area (Å²) in [5.74, 6) is -1.09. The third-order valence-electron chi connectivity index (χ3n) is 5.47. The predicted molar refractivity (Wildman–Crippen MR) is 134 cm³/mol. The zero-order valence-electron chi connectivity index (χ0n) is 18.8. The number of hydrogen-bond donors (Lipinski definition) is 1. The van der Waals surface area contributed by atoms with Gasteiger partial charge in [-0.05, 0) is 47.7 Å². The molecule has 4 aromatic rings. The van der Waals surface area contributed by atoms with E-state index in [0.29, 0.717) is 17.8 Å². The van der Waals surface area contributed by atoms with Crippen LogP contribution in [0, 0.1) is 12.7 Å². The Kier molecular flexibility index (Phi) is 7.50. The number of anilines is 1. The van der Waals surface area contributed by atoms with Crippen LogP contribution in [-0.4, -0.2) is 11.8 Å². The summed E-state index contributed by atoms with van der Waals surface area (Å²) in [6.07, 6.45) is 0.114. The number of nitrogens with one attached hydrogen (secondary N) is 1. The number of aryl methyl sites for hydroxylation is 1. The summed E-state index contributed by atoms with van der Waals surface area (Å²) in [6, 6.07) is 25.7. The Hall–Kier alpha value is -3.77. The largest absolute Gasteiger partial charge is 0.350 e. The summed E-state index contributed by atoms with van der Waals surface area (Å²) in [7, 11) is 0. The van der Waals surface area contributed by atoms with Gasteiger partial charge in [-0.15, -0.1) is 11.3 Å². The first kappa shape index (κ1) is 23.4. The molecule has 0 bridgehead atoms. The number of nitrogens with zero attached hydrogens (tertiary/aromatic N) is 1. The van der Waals surface area contributed by atoms with E-state index < -0.39 is 11.9 Å². The zero-order valence-corrected chi connectivity index (χ0v) is 19.6. The van der Waals surface area contributed by atoms with Crippen molar-refractivity contribution in [3.63, 3.8) is 0 Å². The number of benzene rings is 3. The van der Waals surface area contributed by atoms with Gasteiger partial charge in [0, 0.05) is 17.1 Å². The average molecular weight is 473 g/mol. The van der Waals surface area contributed by atoms with Crippen LogP contribution in [0.4, 0.5) is 10.1 Å². The molecular formula is C28H25FN2O2S. The molecule has 4 nitrogen and oxygen atoms in total. The van der Waals surface area contributed by atoms with Crippen LogP contribution in [0.25, 0.3) is 0 Å². The van der Waals surface area contributed by atoms with Crippen molar-refractivity contribution in [2.45, 2.75) is 25.9 Å². The minimum absolute atomic E-state index is 0.114. The fourth-order valence-corrected chi connectivity index (χ4v) is 4.45. The normalized spacial score (nSPS) is 11.6. The predicted octanol–water partition coefficient (Wildman–Crippen LogP) is 5.83. The molecule has 0 unspecified atom stereocenters. The van der Waals surface area contributed by atoms with Gasteiger partial charge >= 0.3 is 0 Å². The first-order chi connectivity index (χ1) is 16.5. The number of hydrogen-bond acceptors (Lipinski definition) is 3. The molecule has 0 fully saturated rings. The highest BCUT2D eigenvalue weighted by Gasteiger charge is 2.33. The third kappa shape index (κ3) is 5.77. The minimum atomic E-state index is -0.960. The molecule has 0 saturated heterocycles. The molecule has 34 heavy (non-hydrogen) atoms. The summed E-state index contributed by atoms with van der Waals surface area (Å²) >= 11 is 1.47. The summed E-state index contributed by atoms with van der Waals surface area (Å²) in [5, 5.41) is 4.87. The smallest absolute Gasteiger partial charge is 0.248 e. The summed E-state index contributed by atoms with van der Waals surface area (Å²) in [4.78, 5) is 29.5. The molecule has 6 heteroatoms. The van der Waals surface area contributed by atoms with Crippen LogP contribution in [0.1, 0.15) is 27.6 Å². The molecule has 0 aliphatic carbocycles. The number of carbonyl (C=O) groups is 2. The summed E-state index contributed by atoms with van der Waals surface area (Å²) in [5.41, 5.74) is 2.97. The van der Waals surface area contributed by atoms with Crippen molar-refractivity contribution in [3.8, 4) is 0 Å². The van der Waals surface area contributed by atoms with E-state index in [1.165, 1.54) is 28.4 Å². The highest BCUT2D eigenvalue weighted by Crippen LogP contribution is 2.30. The number of halogens is 1. The maximum absolute atomic E-state index is 14.2. The molecule has 1 heterocycles. The van der Waals surface area contributed by atoms with E-state index in [1.807, 2.05) is 79.0 Å². The zero-order chi connectivity index (χ0) is 23.9. The van der Waals surface area contributed by atoms with Crippen molar-refractivity contribution in [2.75, 3.05) is 4.90 Å². The SMILES string of the molecule is Cc1ccc([C@@H](C(=O)NCc2ccccc2)N(C(=O)Cc2cccs2)c2cccc(F)c2)cc1. The molecule has 0 saturated carbocycles. The highest BCUT2D eigenvalue weighted by molar-refractivity contribution is 7.10. The maximum atomic E-state index is 14.2. The fourth-order valence-electron chi connectivity index (χ4n) is 3.76. The second kappa shape index (κ2) is 10.9. The lowest BCUT2D eigenvalue weighted by Gasteiger charge is -2.31. The van der Waals surface area contributed by atoms with E-state index >= 15 is 0 Å². The Morgan fingerprint density at radius 1 is 0.941 bits per heavy atom. The van der Waals surface area contributed by atoms with E-state index in [-0.39, 0.29) is 18.2 Å². The molecule has 1 aromatic heterocycles. The number of thiophene rings is 1. The van der Waals surface area contributed by atoms with Gasteiger partial charge in [0.1, 0.15) is 11.9 Å². The van der Waals surface area contributed by atoms with Crippen LogP contribution in [0.3, 0.4) is 0 Å². The first-order valence-corrected chi connectivity index (χ1v) is 11.9. The highest BCUT2D eigenvalue weighted by atomic mass is 32.1. The molecule has 0 aliphatic heterocycles. The molecule has 172 valence electrons. The molecule has 3 aromatic carbocycles. The molecule has 1 atom stereocenters. The van der Waals surface area contributed by atoms with Crippen LogP contribution in [-0.2, 0) is 22.6 Å². The molecule has 4 rings (SSSR count). The standard InChI is InChI=1S/C28H25FN2O2S/c1-20-12-14-22(15-13-20)27(28(33)30-19-21-7-3-2-4-8-21)31(24-10-5-9-23(29)17-24)26(32)18-25-11-6-16-34-25/h2-17,27H,18-19H2,1H3,(H,30,33)/t27-/m0/s1. The lowest BCUT2D eigenvalue weighted by molar-refractivity contribution is -0.126. The van der Waals surface area contributed by atoms with Crippen LogP contribution in [0.15, 0.2) is 96.4 Å². The summed E-state index contributed by atoms with van der Waals surface area (Å²) in [6.45, 7) is 2.28. The second-order valence-corrected chi connectivity index (χ2v) is 9.05. The van der Waals surface area contributed by atoms with E-state index in [4.69, 9.17) is 0 Å². The Morgan fingerprint density at radius 3 is 2.38 bits per heavy atom. The van der Waals surface area contributed by atoms with Crippen LogP contribution < -0.4 is 10.2 Å². The molecule has 0 aliphatic rings. The van der Waals surface area contributed by atoms with Crippen molar-refractivity contribution in [3.05, 3.63) is 124 Å². The summed E-state index contributed by atoms with van der Waals surface area (Å²) < 4.78 is 14.2. The van der Waals surface area contributed by atoms with Crippen molar-refractivity contribution in [1.82, 2.24) is 5.32 Å². The number of amides is 2. The van der Waals surface area contributed by atoms with Crippen molar-refractivity contribution < 1.29 is 14.0 Å². The van der Waals surface area contributed by atoms with Gasteiger partial charge in [-0.2, -0.15) is 0 Å². The van der Waals surface area contributed by atoms with E-state index in [2.05, 4.69) is 5.32 Å². The monoisotopic (exact) mass is 472 g/mol.